The summed E-state index contributed by atoms with van der Waals surface area (Å²) in [7, 11) is 0. The highest BCUT2D eigenvalue weighted by Crippen LogP contribution is 2.65. The molecule has 1 aromatic rings. The molecule has 2 aliphatic carbocycles. The lowest BCUT2D eigenvalue weighted by Crippen LogP contribution is -2.57. The molecule has 1 N–H and O–H groups in total. The van der Waals surface area contributed by atoms with Gasteiger partial charge in [0.05, 0.1) is 0 Å². The van der Waals surface area contributed by atoms with Gasteiger partial charge in [0.25, 0.3) is 0 Å². The van der Waals surface area contributed by atoms with Crippen LogP contribution in [0.3, 0.4) is 0 Å². The van der Waals surface area contributed by atoms with Gasteiger partial charge in [-0.3, -0.25) is 0 Å². The van der Waals surface area contributed by atoms with Crippen molar-refractivity contribution < 1.29 is 0 Å². The number of likely N-dealkylation sites (N-methyl/N-ethyl adjacent to an activating group) is 1. The van der Waals surface area contributed by atoms with Crippen molar-refractivity contribution >= 4 is 15.9 Å². The molecule has 0 atom stereocenters. The molecule has 0 aliphatic heterocycles. The number of halogens is 1. The second-order valence-corrected chi connectivity index (χ2v) is 7.10. The molecular weight excluding hydrogens is 286 g/mol. The molecule has 18 heavy (non-hydrogen) atoms. The van der Waals surface area contributed by atoms with E-state index in [1.54, 1.807) is 0 Å². The van der Waals surface area contributed by atoms with Crippen LogP contribution in [0.25, 0.3) is 0 Å². The zero-order valence-corrected chi connectivity index (χ0v) is 12.7. The van der Waals surface area contributed by atoms with Gasteiger partial charge in [-0.05, 0) is 49.3 Å². The minimum absolute atomic E-state index is 0.385. The minimum Gasteiger partial charge on any atom is -0.316 e. The summed E-state index contributed by atoms with van der Waals surface area (Å²) in [6.45, 7) is 4.40. The van der Waals surface area contributed by atoms with E-state index in [2.05, 4.69) is 52.4 Å². The fourth-order valence-corrected chi connectivity index (χ4v) is 4.79. The summed E-state index contributed by atoms with van der Waals surface area (Å²) in [5.41, 5.74) is 2.62. The van der Waals surface area contributed by atoms with Crippen LogP contribution in [0.4, 0.5) is 0 Å². The first-order valence-electron chi connectivity index (χ1n) is 7.16. The van der Waals surface area contributed by atoms with E-state index in [9.17, 15) is 0 Å². The minimum atomic E-state index is 0.385. The lowest BCUT2D eigenvalue weighted by Gasteiger charge is -2.62. The Morgan fingerprint density at radius 3 is 2.50 bits per heavy atom. The van der Waals surface area contributed by atoms with Gasteiger partial charge in [-0.25, -0.2) is 0 Å². The summed E-state index contributed by atoms with van der Waals surface area (Å²) < 4.78 is 1.29. The third-order valence-electron chi connectivity index (χ3n) is 5.00. The number of hydrogen-bond acceptors (Lipinski definition) is 1. The Balaban J connectivity index is 1.85. The van der Waals surface area contributed by atoms with Gasteiger partial charge in [0.1, 0.15) is 0 Å². The smallest absolute Gasteiger partial charge is 0.0213 e. The first-order chi connectivity index (χ1) is 8.70. The molecule has 1 aromatic carbocycles. The standard InChI is InChI=1S/C16H22BrN/c1-2-18-12-16(10-15(11-16)8-5-9-15)13-6-3-4-7-14(13)17/h3-4,6-7,18H,2,5,8-12H2,1H3. The van der Waals surface area contributed by atoms with E-state index in [1.807, 2.05) is 0 Å². The highest BCUT2D eigenvalue weighted by atomic mass is 79.9. The van der Waals surface area contributed by atoms with Crippen LogP contribution in [0.5, 0.6) is 0 Å². The maximum Gasteiger partial charge on any atom is 0.0213 e. The monoisotopic (exact) mass is 307 g/mol. The maximum atomic E-state index is 3.75. The van der Waals surface area contributed by atoms with Crippen molar-refractivity contribution in [2.24, 2.45) is 5.41 Å². The first-order valence-corrected chi connectivity index (χ1v) is 7.95. The second kappa shape index (κ2) is 4.64. The van der Waals surface area contributed by atoms with Gasteiger partial charge in [-0.15, -0.1) is 0 Å². The quantitative estimate of drug-likeness (QED) is 0.876. The summed E-state index contributed by atoms with van der Waals surface area (Å²) >= 11 is 3.75. The Hall–Kier alpha value is -0.340. The molecular formula is C16H22BrN. The van der Waals surface area contributed by atoms with Crippen LogP contribution in [0.2, 0.25) is 0 Å². The molecule has 2 aliphatic rings. The molecule has 0 radical (unpaired) electrons. The molecule has 3 rings (SSSR count). The Kier molecular flexibility index (Phi) is 3.27. The summed E-state index contributed by atoms with van der Waals surface area (Å²) in [6, 6.07) is 8.80. The molecule has 1 nitrogen and oxygen atoms in total. The Bertz CT molecular complexity index is 428. The average molecular weight is 308 g/mol. The van der Waals surface area contributed by atoms with E-state index < -0.39 is 0 Å². The van der Waals surface area contributed by atoms with Gasteiger partial charge < -0.3 is 5.32 Å². The average Bonchev–Trinajstić information content (AvgIpc) is 2.27. The molecule has 0 unspecified atom stereocenters. The molecule has 0 saturated heterocycles. The van der Waals surface area contributed by atoms with Gasteiger partial charge >= 0.3 is 0 Å². The number of nitrogens with one attached hydrogen (secondary N) is 1. The lowest BCUT2D eigenvalue weighted by atomic mass is 9.43. The van der Waals surface area contributed by atoms with Crippen LogP contribution in [-0.2, 0) is 5.41 Å². The highest BCUT2D eigenvalue weighted by molar-refractivity contribution is 9.10. The summed E-state index contributed by atoms with van der Waals surface area (Å²) in [6.07, 6.45) is 7.15. The lowest BCUT2D eigenvalue weighted by molar-refractivity contribution is -0.0483. The summed E-state index contributed by atoms with van der Waals surface area (Å²) in [5.74, 6) is 0. The Labute approximate surface area is 118 Å². The zero-order valence-electron chi connectivity index (χ0n) is 11.1. The number of hydrogen-bond donors (Lipinski definition) is 1. The van der Waals surface area contributed by atoms with Crippen LogP contribution in [0.1, 0.15) is 44.6 Å². The van der Waals surface area contributed by atoms with E-state index in [0.29, 0.717) is 10.8 Å². The molecule has 98 valence electrons. The largest absolute Gasteiger partial charge is 0.316 e. The van der Waals surface area contributed by atoms with Gasteiger partial charge in [-0.1, -0.05) is 47.5 Å². The third-order valence-corrected chi connectivity index (χ3v) is 5.69. The molecule has 0 aromatic heterocycles. The van der Waals surface area contributed by atoms with E-state index in [0.717, 1.165) is 13.1 Å². The van der Waals surface area contributed by atoms with E-state index in [1.165, 1.54) is 42.1 Å². The van der Waals surface area contributed by atoms with E-state index in [-0.39, 0.29) is 0 Å². The van der Waals surface area contributed by atoms with Gasteiger partial charge in [0, 0.05) is 16.4 Å². The van der Waals surface area contributed by atoms with Gasteiger partial charge in [0.2, 0.25) is 0 Å². The molecule has 2 saturated carbocycles. The molecule has 1 spiro atoms. The fourth-order valence-electron chi connectivity index (χ4n) is 4.08. The normalized spacial score (nSPS) is 23.4. The maximum absolute atomic E-state index is 3.75. The number of rotatable bonds is 4. The van der Waals surface area contributed by atoms with Crippen molar-refractivity contribution in [3.8, 4) is 0 Å². The molecule has 0 heterocycles. The predicted octanol–water partition coefficient (Wildman–Crippen LogP) is 4.26. The van der Waals surface area contributed by atoms with Crippen molar-refractivity contribution in [3.63, 3.8) is 0 Å². The highest BCUT2D eigenvalue weighted by Gasteiger charge is 2.57. The third kappa shape index (κ3) is 1.94. The van der Waals surface area contributed by atoms with Crippen LogP contribution >= 0.6 is 15.9 Å². The summed E-state index contributed by atoms with van der Waals surface area (Å²) in [5, 5.41) is 3.58. The van der Waals surface area contributed by atoms with Gasteiger partial charge in [0.15, 0.2) is 0 Å². The predicted molar refractivity (Wildman–Crippen MR) is 79.9 cm³/mol. The molecule has 2 heteroatoms. The molecule has 0 bridgehead atoms. The van der Waals surface area contributed by atoms with Crippen LogP contribution < -0.4 is 5.32 Å². The van der Waals surface area contributed by atoms with Crippen molar-refractivity contribution in [2.45, 2.75) is 44.4 Å². The van der Waals surface area contributed by atoms with Crippen LogP contribution in [-0.4, -0.2) is 13.1 Å². The van der Waals surface area contributed by atoms with Gasteiger partial charge in [-0.2, -0.15) is 0 Å². The molecule has 2 fully saturated rings. The van der Waals surface area contributed by atoms with Crippen LogP contribution in [0.15, 0.2) is 28.7 Å². The number of benzene rings is 1. The van der Waals surface area contributed by atoms with Crippen molar-refractivity contribution in [1.29, 1.82) is 0 Å². The van der Waals surface area contributed by atoms with E-state index in [4.69, 9.17) is 0 Å². The SMILES string of the molecule is CCNCC1(c2ccccc2Br)CC2(CCC2)C1. The van der Waals surface area contributed by atoms with Crippen molar-refractivity contribution in [2.75, 3.05) is 13.1 Å². The van der Waals surface area contributed by atoms with Crippen LogP contribution in [0, 0.1) is 5.41 Å². The van der Waals surface area contributed by atoms with Crippen molar-refractivity contribution in [1.82, 2.24) is 5.32 Å². The molecule has 0 amide bonds. The Morgan fingerprint density at radius 2 is 1.94 bits per heavy atom. The Morgan fingerprint density at radius 1 is 1.22 bits per heavy atom. The van der Waals surface area contributed by atoms with Crippen molar-refractivity contribution in [3.05, 3.63) is 34.3 Å². The van der Waals surface area contributed by atoms with E-state index >= 15 is 0 Å². The summed E-state index contributed by atoms with van der Waals surface area (Å²) in [4.78, 5) is 0. The first kappa shape index (κ1) is 12.7. The zero-order chi connectivity index (χ0) is 12.6. The second-order valence-electron chi connectivity index (χ2n) is 6.25. The fraction of sp³-hybridized carbons (Fsp3) is 0.625. The topological polar surface area (TPSA) is 12.0 Å².